The van der Waals surface area contributed by atoms with E-state index in [9.17, 15) is 43.5 Å². The third-order valence-corrected chi connectivity index (χ3v) is 16.4. The van der Waals surface area contributed by atoms with Gasteiger partial charge in [-0.3, -0.25) is 19.2 Å². The summed E-state index contributed by atoms with van der Waals surface area (Å²) in [6.07, 6.45) is -6.27. The number of rotatable bonds is 33. The van der Waals surface area contributed by atoms with Gasteiger partial charge in [0.15, 0.2) is 24.6 Å². The number of carbonyl (C=O) groups excluding carboxylic acids is 7. The Labute approximate surface area is 556 Å². The maximum absolute atomic E-state index is 14.3. The van der Waals surface area contributed by atoms with Gasteiger partial charge in [-0.25, -0.2) is 19.2 Å². The summed E-state index contributed by atoms with van der Waals surface area (Å²) in [4.78, 5) is 109. The van der Waals surface area contributed by atoms with E-state index in [1.165, 1.54) is 36.4 Å². The van der Waals surface area contributed by atoms with Crippen molar-refractivity contribution in [2.45, 2.75) is 113 Å². The number of amides is 2. The first-order valence-electron chi connectivity index (χ1n) is 32.0. The van der Waals surface area contributed by atoms with E-state index in [1.807, 2.05) is 78.9 Å². The fourth-order valence-electron chi connectivity index (χ4n) is 11.5. The summed E-state index contributed by atoms with van der Waals surface area (Å²) < 4.78 is 61.0. The number of unbranched alkanes of at least 4 members (excludes halogenated alkanes) is 3. The zero-order valence-electron chi connectivity index (χ0n) is 53.4. The van der Waals surface area contributed by atoms with Crippen LogP contribution in [0.5, 0.6) is 11.5 Å². The maximum Gasteiger partial charge on any atom is 0.338 e. The smallest absolute Gasteiger partial charge is 0.338 e. The van der Waals surface area contributed by atoms with Crippen LogP contribution in [0.1, 0.15) is 122 Å². The van der Waals surface area contributed by atoms with Crippen LogP contribution in [-0.2, 0) is 62.7 Å². The topological polar surface area (TPSA) is 264 Å². The van der Waals surface area contributed by atoms with Crippen LogP contribution in [0.3, 0.4) is 0 Å². The van der Waals surface area contributed by atoms with Crippen molar-refractivity contribution in [3.05, 3.63) is 239 Å². The summed E-state index contributed by atoms with van der Waals surface area (Å²) in [5.41, 5.74) is 1.82. The van der Waals surface area contributed by atoms with Crippen LogP contribution < -0.4 is 14.8 Å². The first kappa shape index (κ1) is 70.1. The van der Waals surface area contributed by atoms with Gasteiger partial charge in [0, 0.05) is 32.4 Å². The highest BCUT2D eigenvalue weighted by atomic mass is 16.7. The maximum atomic E-state index is 14.3. The molecule has 7 aromatic carbocycles. The number of hydrogen-bond acceptors (Lipinski definition) is 18. The van der Waals surface area contributed by atoms with Gasteiger partial charge in [-0.2, -0.15) is 0 Å². The van der Waals surface area contributed by atoms with Gasteiger partial charge in [-0.15, -0.1) is 0 Å². The van der Waals surface area contributed by atoms with Crippen LogP contribution >= 0.6 is 0 Å². The largest absolute Gasteiger partial charge is 0.497 e. The Hall–Kier alpha value is -10.2. The molecule has 2 aliphatic heterocycles. The third-order valence-electron chi connectivity index (χ3n) is 16.4. The zero-order valence-corrected chi connectivity index (χ0v) is 53.4. The second kappa shape index (κ2) is 35.3. The van der Waals surface area contributed by atoms with Gasteiger partial charge in [0.25, 0.3) is 0 Å². The van der Waals surface area contributed by atoms with Crippen molar-refractivity contribution in [1.29, 1.82) is 0 Å². The molecule has 0 spiro atoms. The number of carboxylic acids is 1. The van der Waals surface area contributed by atoms with Gasteiger partial charge >= 0.3 is 35.8 Å². The Balaban J connectivity index is 0.823. The number of aliphatic carboxylic acids is 1. The number of ether oxygens (including phenoxy) is 10. The van der Waals surface area contributed by atoms with Crippen molar-refractivity contribution < 1.29 is 90.8 Å². The predicted octanol–water partition coefficient (Wildman–Crippen LogP) is 10.5. The first-order chi connectivity index (χ1) is 46.7. The minimum atomic E-state index is -1.61. The normalized spacial score (nSPS) is 18.2. The molecule has 0 aromatic heterocycles. The van der Waals surface area contributed by atoms with Crippen molar-refractivity contribution in [1.82, 2.24) is 10.2 Å². The molecule has 7 aromatic rings. The van der Waals surface area contributed by atoms with E-state index >= 15 is 0 Å². The summed E-state index contributed by atoms with van der Waals surface area (Å²) >= 11 is 0. The summed E-state index contributed by atoms with van der Waals surface area (Å²) in [7, 11) is 3.18. The Morgan fingerprint density at radius 1 is 0.500 bits per heavy atom. The standard InChI is InChI=1S/C75H78N2O19/c1-87-59-39-35-56(36-40-59)75(55-31-17-7-18-32-55,57-37-41-60(88-2)42-38-57)91-49-58-47-61(92-66(82)44-43-65(80)81)48-77(58)64(79)34-19-8-21-45-76-63(78)33-20-22-46-89-74-69(96-73(86)54-29-15-6-16-30-54)68(95-72(85)53-27-13-5-14-28-53)67(94-71(84)52-25-11-4-12-26-52)62(93-74)50-90-70(83)51-23-9-3-10-24-51/h3-7,9-18,23-32,35-42,58,61-62,67-69,74H,8,19-22,33-34,43-50H2,1-2H3,(H,76,78)(H,80,81)/t58-,61+,62?,67+,68?,69+,74-/m0/s1. The minimum Gasteiger partial charge on any atom is -0.497 e. The van der Waals surface area contributed by atoms with E-state index in [0.29, 0.717) is 50.1 Å². The highest BCUT2D eigenvalue weighted by Gasteiger charge is 2.54. The molecule has 21 nitrogen and oxygen atoms in total. The average Bonchev–Trinajstić information content (AvgIpc) is 0.832. The lowest BCUT2D eigenvalue weighted by Gasteiger charge is -2.44. The third kappa shape index (κ3) is 19.2. The summed E-state index contributed by atoms with van der Waals surface area (Å²) in [5.74, 6) is -4.20. The number of likely N-dealkylation sites (tertiary alicyclic amines) is 1. The molecule has 0 radical (unpaired) electrons. The first-order valence-corrected chi connectivity index (χ1v) is 32.0. The zero-order chi connectivity index (χ0) is 67.7. The molecule has 2 aliphatic rings. The summed E-state index contributed by atoms with van der Waals surface area (Å²) in [5, 5.41) is 12.2. The van der Waals surface area contributed by atoms with Crippen molar-refractivity contribution in [3.8, 4) is 11.5 Å². The van der Waals surface area contributed by atoms with Crippen LogP contribution in [0.15, 0.2) is 200 Å². The Morgan fingerprint density at radius 3 is 1.50 bits per heavy atom. The number of nitrogens with one attached hydrogen (secondary N) is 1. The molecular formula is C75H78N2O19. The van der Waals surface area contributed by atoms with Crippen molar-refractivity contribution in [3.63, 3.8) is 0 Å². The highest BCUT2D eigenvalue weighted by molar-refractivity contribution is 5.92. The van der Waals surface area contributed by atoms with Crippen LogP contribution in [0.2, 0.25) is 0 Å². The van der Waals surface area contributed by atoms with Gasteiger partial charge in [-0.1, -0.05) is 134 Å². The summed E-state index contributed by atoms with van der Waals surface area (Å²) in [6, 6.07) is 56.6. The predicted molar refractivity (Wildman–Crippen MR) is 349 cm³/mol. The molecule has 2 unspecified atom stereocenters. The second-order valence-electron chi connectivity index (χ2n) is 23.0. The molecule has 0 bridgehead atoms. The van der Waals surface area contributed by atoms with E-state index in [1.54, 1.807) is 104 Å². The quantitative estimate of drug-likeness (QED) is 0.0168. The van der Waals surface area contributed by atoms with Gasteiger partial charge < -0.3 is 62.7 Å². The number of benzene rings is 7. The Bertz CT molecular complexity index is 3610. The Morgan fingerprint density at radius 2 is 0.979 bits per heavy atom. The number of nitrogens with zero attached hydrogens (tertiary/aromatic N) is 1. The summed E-state index contributed by atoms with van der Waals surface area (Å²) in [6.45, 7) is -0.161. The SMILES string of the molecule is COc1ccc(C(OC[C@@H]2C[C@@H](OC(=O)CCC(=O)O)CN2C(=O)CCCCCNC(=O)CCCCO[C@H]2OC(COC(=O)c3ccccc3)[C@@H](OC(=O)c3ccccc3)C(OC(=O)c3ccccc3)[C@H]2OC(=O)c2ccccc2)(c2ccccc2)c2ccc(OC)cc2)cc1. The molecule has 2 heterocycles. The van der Waals surface area contributed by atoms with E-state index in [4.69, 9.17) is 47.4 Å². The fourth-order valence-corrected chi connectivity index (χ4v) is 11.5. The van der Waals surface area contributed by atoms with Crippen LogP contribution in [0.25, 0.3) is 0 Å². The van der Waals surface area contributed by atoms with E-state index in [0.717, 1.165) is 16.7 Å². The molecule has 2 fully saturated rings. The van der Waals surface area contributed by atoms with Crippen molar-refractivity contribution in [2.75, 3.05) is 47.1 Å². The van der Waals surface area contributed by atoms with Gasteiger partial charge in [0.05, 0.1) is 68.5 Å². The molecule has 2 saturated heterocycles. The fraction of sp³-hybridized carbons (Fsp3) is 0.333. The van der Waals surface area contributed by atoms with Crippen LogP contribution in [0.4, 0.5) is 0 Å². The van der Waals surface area contributed by atoms with Crippen molar-refractivity contribution in [2.24, 2.45) is 0 Å². The minimum absolute atomic E-state index is 0.0229. The molecule has 0 aliphatic carbocycles. The van der Waals surface area contributed by atoms with Gasteiger partial charge in [-0.05, 0) is 115 Å². The van der Waals surface area contributed by atoms with E-state index in [2.05, 4.69) is 5.32 Å². The lowest BCUT2D eigenvalue weighted by Crippen LogP contribution is -2.63. The monoisotopic (exact) mass is 1310 g/mol. The van der Waals surface area contributed by atoms with E-state index in [-0.39, 0.29) is 79.5 Å². The number of methoxy groups -OCH3 is 2. The van der Waals surface area contributed by atoms with E-state index < -0.39 is 97.3 Å². The van der Waals surface area contributed by atoms with Gasteiger partial charge in [0.2, 0.25) is 11.8 Å². The second-order valence-corrected chi connectivity index (χ2v) is 23.0. The molecule has 2 amide bonds. The lowest BCUT2D eigenvalue weighted by atomic mass is 9.80. The van der Waals surface area contributed by atoms with Gasteiger partial charge in [0.1, 0.15) is 35.9 Å². The lowest BCUT2D eigenvalue weighted by molar-refractivity contribution is -0.298. The van der Waals surface area contributed by atoms with Crippen LogP contribution in [0, 0.1) is 0 Å². The molecule has 2 N–H and O–H groups in total. The highest BCUT2D eigenvalue weighted by Crippen LogP contribution is 2.43. The molecule has 9 rings (SSSR count). The number of carboxylic acid groups (broad SMARTS) is 1. The molecule has 21 heteroatoms. The molecular weight excluding hydrogens is 1230 g/mol. The molecule has 502 valence electrons. The number of hydrogen-bond donors (Lipinski definition) is 2. The number of carbonyl (C=O) groups is 8. The number of esters is 5. The van der Waals surface area contributed by atoms with Crippen LogP contribution in [-0.4, -0.2) is 148 Å². The molecule has 0 saturated carbocycles. The molecule has 96 heavy (non-hydrogen) atoms. The Kier molecular flexibility index (Phi) is 25.8. The molecule has 7 atom stereocenters. The average molecular weight is 1310 g/mol. The van der Waals surface area contributed by atoms with Crippen molar-refractivity contribution >= 4 is 47.6 Å².